The van der Waals surface area contributed by atoms with Crippen LogP contribution in [0.1, 0.15) is 45.1 Å². The van der Waals surface area contributed by atoms with Crippen LogP contribution in [-0.4, -0.2) is 4.98 Å². The Morgan fingerprint density at radius 1 is 1.27 bits per heavy atom. The van der Waals surface area contributed by atoms with Crippen molar-refractivity contribution in [3.63, 3.8) is 0 Å². The predicted octanol–water partition coefficient (Wildman–Crippen LogP) is 3.90. The molecular formula is C12H17F2N. The number of nitrogens with zero attached hydrogens (tertiary/aromatic N) is 1. The van der Waals surface area contributed by atoms with Crippen LogP contribution in [0.2, 0.25) is 0 Å². The summed E-state index contributed by atoms with van der Waals surface area (Å²) in [6.45, 7) is 6.25. The van der Waals surface area contributed by atoms with Gasteiger partial charge in [0, 0.05) is 6.20 Å². The molecule has 0 saturated carbocycles. The van der Waals surface area contributed by atoms with E-state index in [-0.39, 0.29) is 5.92 Å². The van der Waals surface area contributed by atoms with Crippen molar-refractivity contribution in [3.05, 3.63) is 29.6 Å². The third-order valence-corrected chi connectivity index (χ3v) is 3.10. The minimum Gasteiger partial charge on any atom is -0.225 e. The fourth-order valence-electron chi connectivity index (χ4n) is 1.95. The van der Waals surface area contributed by atoms with Crippen molar-refractivity contribution in [3.8, 4) is 0 Å². The summed E-state index contributed by atoms with van der Waals surface area (Å²) in [6, 6.07) is 1.26. The molecular weight excluding hydrogens is 196 g/mol. The van der Waals surface area contributed by atoms with E-state index in [9.17, 15) is 8.78 Å². The van der Waals surface area contributed by atoms with Gasteiger partial charge in [-0.15, -0.1) is 0 Å². The van der Waals surface area contributed by atoms with E-state index in [0.29, 0.717) is 5.92 Å². The van der Waals surface area contributed by atoms with Crippen LogP contribution in [0.5, 0.6) is 0 Å². The minimum absolute atomic E-state index is 0.225. The first-order chi connectivity index (χ1) is 7.10. The van der Waals surface area contributed by atoms with Gasteiger partial charge in [-0.05, 0) is 23.5 Å². The SMILES string of the molecule is CCC(CC)C(C)c1cnc(F)c(F)c1. The fourth-order valence-corrected chi connectivity index (χ4v) is 1.95. The van der Waals surface area contributed by atoms with Crippen molar-refractivity contribution in [2.45, 2.75) is 39.5 Å². The Balaban J connectivity index is 2.90. The molecule has 3 heteroatoms. The zero-order valence-electron chi connectivity index (χ0n) is 9.43. The molecule has 0 N–H and O–H groups in total. The lowest BCUT2D eigenvalue weighted by atomic mass is 9.85. The summed E-state index contributed by atoms with van der Waals surface area (Å²) in [5.74, 6) is -1.15. The second-order valence-electron chi connectivity index (χ2n) is 3.91. The Bertz CT molecular complexity index is 321. The van der Waals surface area contributed by atoms with Crippen LogP contribution >= 0.6 is 0 Å². The first-order valence-corrected chi connectivity index (χ1v) is 5.41. The van der Waals surface area contributed by atoms with Crippen LogP contribution < -0.4 is 0 Å². The average molecular weight is 213 g/mol. The maximum Gasteiger partial charge on any atom is 0.248 e. The molecule has 1 unspecified atom stereocenters. The average Bonchev–Trinajstić information content (AvgIpc) is 2.23. The van der Waals surface area contributed by atoms with E-state index < -0.39 is 11.8 Å². The molecule has 0 aliphatic carbocycles. The van der Waals surface area contributed by atoms with Crippen LogP contribution in [0.15, 0.2) is 12.3 Å². The highest BCUT2D eigenvalue weighted by molar-refractivity contribution is 5.16. The number of rotatable bonds is 4. The molecule has 0 bridgehead atoms. The second kappa shape index (κ2) is 5.19. The van der Waals surface area contributed by atoms with Gasteiger partial charge in [-0.25, -0.2) is 9.37 Å². The Hall–Kier alpha value is -0.990. The molecule has 15 heavy (non-hydrogen) atoms. The second-order valence-corrected chi connectivity index (χ2v) is 3.91. The van der Waals surface area contributed by atoms with Crippen LogP contribution in [0.25, 0.3) is 0 Å². The summed E-state index contributed by atoms with van der Waals surface area (Å²) in [5, 5.41) is 0. The van der Waals surface area contributed by atoms with Crippen LogP contribution in [0.4, 0.5) is 8.78 Å². The van der Waals surface area contributed by atoms with Crippen LogP contribution in [0.3, 0.4) is 0 Å². The Morgan fingerprint density at radius 2 is 1.87 bits per heavy atom. The highest BCUT2D eigenvalue weighted by atomic mass is 19.2. The molecule has 0 saturated heterocycles. The van der Waals surface area contributed by atoms with Gasteiger partial charge in [0.25, 0.3) is 0 Å². The number of pyridine rings is 1. The maximum absolute atomic E-state index is 13.0. The number of halogens is 2. The highest BCUT2D eigenvalue weighted by Gasteiger charge is 2.17. The molecule has 0 aromatic carbocycles. The molecule has 84 valence electrons. The summed E-state index contributed by atoms with van der Waals surface area (Å²) in [5.41, 5.74) is 0.780. The van der Waals surface area contributed by atoms with E-state index in [1.807, 2.05) is 6.92 Å². The number of hydrogen-bond acceptors (Lipinski definition) is 1. The van der Waals surface area contributed by atoms with Crippen molar-refractivity contribution in [1.82, 2.24) is 4.98 Å². The highest BCUT2D eigenvalue weighted by Crippen LogP contribution is 2.29. The molecule has 1 atom stereocenters. The molecule has 1 aromatic rings. The third-order valence-electron chi connectivity index (χ3n) is 3.10. The topological polar surface area (TPSA) is 12.9 Å². The smallest absolute Gasteiger partial charge is 0.225 e. The fraction of sp³-hybridized carbons (Fsp3) is 0.583. The molecule has 0 aliphatic heterocycles. The van der Waals surface area contributed by atoms with Crippen molar-refractivity contribution in [2.24, 2.45) is 5.92 Å². The summed E-state index contributed by atoms with van der Waals surface area (Å²) < 4.78 is 25.6. The summed E-state index contributed by atoms with van der Waals surface area (Å²) in [7, 11) is 0. The molecule has 1 nitrogen and oxygen atoms in total. The monoisotopic (exact) mass is 213 g/mol. The van der Waals surface area contributed by atoms with Gasteiger partial charge in [0.2, 0.25) is 5.95 Å². The Labute approximate surface area is 89.5 Å². The van der Waals surface area contributed by atoms with E-state index >= 15 is 0 Å². The zero-order chi connectivity index (χ0) is 11.4. The first kappa shape index (κ1) is 12.1. The summed E-state index contributed by atoms with van der Waals surface area (Å²) >= 11 is 0. The number of hydrogen-bond donors (Lipinski definition) is 0. The van der Waals surface area contributed by atoms with Gasteiger partial charge in [0.05, 0.1) is 0 Å². The van der Waals surface area contributed by atoms with E-state index in [1.165, 1.54) is 12.3 Å². The van der Waals surface area contributed by atoms with Gasteiger partial charge < -0.3 is 0 Å². The molecule has 1 aromatic heterocycles. The quantitative estimate of drug-likeness (QED) is 0.691. The summed E-state index contributed by atoms with van der Waals surface area (Å²) in [6.07, 6.45) is 3.51. The first-order valence-electron chi connectivity index (χ1n) is 5.41. The van der Waals surface area contributed by atoms with Crippen molar-refractivity contribution in [2.75, 3.05) is 0 Å². The van der Waals surface area contributed by atoms with Crippen molar-refractivity contribution < 1.29 is 8.78 Å². The van der Waals surface area contributed by atoms with Crippen LogP contribution in [-0.2, 0) is 0 Å². The molecule has 0 fully saturated rings. The normalized spacial score (nSPS) is 13.2. The predicted molar refractivity (Wildman–Crippen MR) is 56.6 cm³/mol. The van der Waals surface area contributed by atoms with E-state index in [4.69, 9.17) is 0 Å². The lowest BCUT2D eigenvalue weighted by molar-refractivity contribution is 0.412. The maximum atomic E-state index is 13.0. The van der Waals surface area contributed by atoms with Gasteiger partial charge in [-0.3, -0.25) is 0 Å². The lowest BCUT2D eigenvalue weighted by Gasteiger charge is -2.21. The third kappa shape index (κ3) is 2.74. The number of aromatic nitrogens is 1. The van der Waals surface area contributed by atoms with Gasteiger partial charge in [0.15, 0.2) is 5.82 Å². The van der Waals surface area contributed by atoms with Crippen molar-refractivity contribution in [1.29, 1.82) is 0 Å². The largest absolute Gasteiger partial charge is 0.248 e. The van der Waals surface area contributed by atoms with Crippen molar-refractivity contribution >= 4 is 0 Å². The van der Waals surface area contributed by atoms with Gasteiger partial charge in [0.1, 0.15) is 0 Å². The van der Waals surface area contributed by atoms with Gasteiger partial charge in [-0.2, -0.15) is 4.39 Å². The van der Waals surface area contributed by atoms with Gasteiger partial charge >= 0.3 is 0 Å². The lowest BCUT2D eigenvalue weighted by Crippen LogP contribution is -2.09. The van der Waals surface area contributed by atoms with E-state index in [0.717, 1.165) is 18.4 Å². The molecule has 0 aliphatic rings. The molecule has 0 amide bonds. The molecule has 0 radical (unpaired) electrons. The zero-order valence-corrected chi connectivity index (χ0v) is 9.43. The molecule has 1 rings (SSSR count). The summed E-state index contributed by atoms with van der Waals surface area (Å²) in [4.78, 5) is 3.41. The van der Waals surface area contributed by atoms with E-state index in [2.05, 4.69) is 18.8 Å². The Morgan fingerprint density at radius 3 is 2.33 bits per heavy atom. The van der Waals surface area contributed by atoms with Gasteiger partial charge in [-0.1, -0.05) is 33.6 Å². The van der Waals surface area contributed by atoms with Crippen LogP contribution in [0, 0.1) is 17.7 Å². The standard InChI is InChI=1S/C12H17F2N/c1-4-9(5-2)8(3)10-6-11(13)12(14)15-7-10/h6-9H,4-5H2,1-3H3. The molecule has 1 heterocycles. The Kier molecular flexibility index (Phi) is 4.18. The minimum atomic E-state index is -1.02. The molecule has 0 spiro atoms. The van der Waals surface area contributed by atoms with E-state index in [1.54, 1.807) is 0 Å².